The quantitative estimate of drug-likeness (QED) is 0.666. The molecule has 0 amide bonds. The summed E-state index contributed by atoms with van der Waals surface area (Å²) < 4.78 is 2.39. The van der Waals surface area contributed by atoms with Gasteiger partial charge in [-0.05, 0) is 37.6 Å². The van der Waals surface area contributed by atoms with Gasteiger partial charge >= 0.3 is 0 Å². The Kier molecular flexibility index (Phi) is 4.38. The van der Waals surface area contributed by atoms with E-state index in [0.29, 0.717) is 0 Å². The third-order valence-corrected chi connectivity index (χ3v) is 5.49. The summed E-state index contributed by atoms with van der Waals surface area (Å²) >= 11 is 5.38. The second kappa shape index (κ2) is 6.26. The number of benzene rings is 2. The van der Waals surface area contributed by atoms with Crippen molar-refractivity contribution in [2.45, 2.75) is 25.9 Å². The maximum Gasteiger partial charge on any atom is 0.111 e. The molecule has 0 saturated carbocycles. The molecule has 108 valence electrons. The first-order valence-corrected chi connectivity index (χ1v) is 8.62. The minimum Gasteiger partial charge on any atom is -0.301 e. The lowest BCUT2D eigenvalue weighted by Crippen LogP contribution is -2.22. The van der Waals surface area contributed by atoms with Crippen molar-refractivity contribution in [2.24, 2.45) is 0 Å². The van der Waals surface area contributed by atoms with Crippen molar-refractivity contribution < 1.29 is 0 Å². The molecule has 2 nitrogen and oxygen atoms in total. The molecule has 1 aromatic heterocycles. The molecule has 0 aliphatic carbocycles. The standard InChI is InChI=1S/C17H17BrN2S/c1-11(13-7-3-4-8-14(13)18)19-12(2)17-20-15-9-5-6-10-16(15)21-17/h3-12,19H,1-2H3. The van der Waals surface area contributed by atoms with E-state index in [4.69, 9.17) is 4.98 Å². The molecule has 0 aliphatic heterocycles. The third-order valence-electron chi connectivity index (χ3n) is 3.55. The first kappa shape index (κ1) is 14.7. The maximum atomic E-state index is 4.73. The molecule has 3 rings (SSSR count). The molecule has 4 heteroatoms. The number of nitrogens with zero attached hydrogens (tertiary/aromatic N) is 1. The van der Waals surface area contributed by atoms with E-state index < -0.39 is 0 Å². The Morgan fingerprint density at radius 2 is 1.71 bits per heavy atom. The molecule has 3 aromatic rings. The summed E-state index contributed by atoms with van der Waals surface area (Å²) in [6, 6.07) is 17.1. The summed E-state index contributed by atoms with van der Waals surface area (Å²) in [7, 11) is 0. The van der Waals surface area contributed by atoms with Crippen molar-refractivity contribution in [3.8, 4) is 0 Å². The number of halogens is 1. The largest absolute Gasteiger partial charge is 0.301 e. The van der Waals surface area contributed by atoms with Crippen LogP contribution in [-0.2, 0) is 0 Å². The van der Waals surface area contributed by atoms with E-state index in [1.54, 1.807) is 11.3 Å². The monoisotopic (exact) mass is 360 g/mol. The number of nitrogens with one attached hydrogen (secondary N) is 1. The molecule has 0 aliphatic rings. The smallest absolute Gasteiger partial charge is 0.111 e. The van der Waals surface area contributed by atoms with Gasteiger partial charge in [0.2, 0.25) is 0 Å². The second-order valence-electron chi connectivity index (χ2n) is 5.15. The molecule has 1 N–H and O–H groups in total. The van der Waals surface area contributed by atoms with Gasteiger partial charge in [-0.3, -0.25) is 0 Å². The molecule has 2 unspecified atom stereocenters. The summed E-state index contributed by atoms with van der Waals surface area (Å²) in [5.74, 6) is 0. The van der Waals surface area contributed by atoms with Gasteiger partial charge in [0.1, 0.15) is 5.01 Å². The number of rotatable bonds is 4. The van der Waals surface area contributed by atoms with E-state index in [9.17, 15) is 0 Å². The molecule has 0 fully saturated rings. The van der Waals surface area contributed by atoms with Crippen molar-refractivity contribution in [2.75, 3.05) is 0 Å². The zero-order valence-corrected chi connectivity index (χ0v) is 14.4. The number of aromatic nitrogens is 1. The fourth-order valence-electron chi connectivity index (χ4n) is 2.44. The highest BCUT2D eigenvalue weighted by Gasteiger charge is 2.16. The first-order chi connectivity index (χ1) is 10.1. The SMILES string of the molecule is CC(NC(C)c1ccccc1Br)c1nc2ccccc2s1. The Labute approximate surface area is 137 Å². The van der Waals surface area contributed by atoms with E-state index in [2.05, 4.69) is 71.5 Å². The van der Waals surface area contributed by atoms with Crippen LogP contribution in [0.25, 0.3) is 10.2 Å². The number of fused-ring (bicyclic) bond motifs is 1. The Morgan fingerprint density at radius 1 is 1.00 bits per heavy atom. The van der Waals surface area contributed by atoms with Crippen LogP contribution in [0.3, 0.4) is 0 Å². The van der Waals surface area contributed by atoms with Gasteiger partial charge in [0, 0.05) is 10.5 Å². The van der Waals surface area contributed by atoms with Gasteiger partial charge in [0.05, 0.1) is 16.3 Å². The summed E-state index contributed by atoms with van der Waals surface area (Å²) in [5.41, 5.74) is 2.35. The normalized spacial score (nSPS) is 14.2. The van der Waals surface area contributed by atoms with Crippen molar-refractivity contribution in [1.29, 1.82) is 0 Å². The van der Waals surface area contributed by atoms with Crippen LogP contribution in [0.15, 0.2) is 53.0 Å². The van der Waals surface area contributed by atoms with Crippen LogP contribution in [0.2, 0.25) is 0 Å². The van der Waals surface area contributed by atoms with Gasteiger partial charge in [-0.15, -0.1) is 11.3 Å². The van der Waals surface area contributed by atoms with Crippen LogP contribution < -0.4 is 5.32 Å². The minimum atomic E-state index is 0.226. The van der Waals surface area contributed by atoms with E-state index in [-0.39, 0.29) is 12.1 Å². The molecule has 2 aromatic carbocycles. The fraction of sp³-hybridized carbons (Fsp3) is 0.235. The van der Waals surface area contributed by atoms with Gasteiger partial charge in [0.25, 0.3) is 0 Å². The average molecular weight is 361 g/mol. The summed E-state index contributed by atoms with van der Waals surface area (Å²) in [6.07, 6.45) is 0. The van der Waals surface area contributed by atoms with Gasteiger partial charge in [0.15, 0.2) is 0 Å². The lowest BCUT2D eigenvalue weighted by molar-refractivity contribution is 0.492. The van der Waals surface area contributed by atoms with Gasteiger partial charge in [-0.2, -0.15) is 0 Å². The Hall–Kier alpha value is -1.23. The first-order valence-electron chi connectivity index (χ1n) is 7.01. The van der Waals surface area contributed by atoms with Crippen LogP contribution in [0.4, 0.5) is 0 Å². The van der Waals surface area contributed by atoms with Crippen LogP contribution >= 0.6 is 27.3 Å². The lowest BCUT2D eigenvalue weighted by atomic mass is 10.1. The van der Waals surface area contributed by atoms with Gasteiger partial charge in [-0.25, -0.2) is 4.98 Å². The number of hydrogen-bond acceptors (Lipinski definition) is 3. The molecule has 0 radical (unpaired) electrons. The van der Waals surface area contributed by atoms with Crippen LogP contribution in [0.1, 0.15) is 36.5 Å². The minimum absolute atomic E-state index is 0.226. The predicted octanol–water partition coefficient (Wildman–Crippen LogP) is 5.47. The number of hydrogen-bond donors (Lipinski definition) is 1. The molecule has 0 bridgehead atoms. The molecule has 1 heterocycles. The van der Waals surface area contributed by atoms with Crippen molar-refractivity contribution in [3.63, 3.8) is 0 Å². The summed E-state index contributed by atoms with van der Waals surface area (Å²) in [4.78, 5) is 4.73. The fourth-order valence-corrected chi connectivity index (χ4v) is 4.04. The van der Waals surface area contributed by atoms with Crippen LogP contribution in [0.5, 0.6) is 0 Å². The highest BCUT2D eigenvalue weighted by Crippen LogP contribution is 2.29. The average Bonchev–Trinajstić information content (AvgIpc) is 2.91. The molecule has 0 saturated heterocycles. The second-order valence-corrected chi connectivity index (χ2v) is 7.07. The van der Waals surface area contributed by atoms with Gasteiger partial charge in [-0.1, -0.05) is 46.3 Å². The topological polar surface area (TPSA) is 24.9 Å². The highest BCUT2D eigenvalue weighted by atomic mass is 79.9. The molecule has 21 heavy (non-hydrogen) atoms. The van der Waals surface area contributed by atoms with E-state index in [0.717, 1.165) is 15.0 Å². The van der Waals surface area contributed by atoms with E-state index in [1.807, 2.05) is 12.1 Å². The Balaban J connectivity index is 1.79. The van der Waals surface area contributed by atoms with E-state index >= 15 is 0 Å². The zero-order valence-electron chi connectivity index (χ0n) is 12.0. The maximum absolute atomic E-state index is 4.73. The zero-order chi connectivity index (χ0) is 14.8. The highest BCUT2D eigenvalue weighted by molar-refractivity contribution is 9.10. The van der Waals surface area contributed by atoms with Crippen LogP contribution in [0, 0.1) is 0 Å². The molecular formula is C17H17BrN2S. The van der Waals surface area contributed by atoms with Crippen molar-refractivity contribution in [1.82, 2.24) is 10.3 Å². The van der Waals surface area contributed by atoms with Crippen molar-refractivity contribution >= 4 is 37.5 Å². The van der Waals surface area contributed by atoms with Crippen molar-refractivity contribution in [3.05, 3.63) is 63.6 Å². The molecular weight excluding hydrogens is 344 g/mol. The molecule has 2 atom stereocenters. The molecule has 0 spiro atoms. The van der Waals surface area contributed by atoms with E-state index in [1.165, 1.54) is 10.3 Å². The van der Waals surface area contributed by atoms with Gasteiger partial charge < -0.3 is 5.32 Å². The predicted molar refractivity (Wildman–Crippen MR) is 93.7 cm³/mol. The number of para-hydroxylation sites is 1. The third kappa shape index (κ3) is 3.18. The Bertz CT molecular complexity index is 720. The van der Waals surface area contributed by atoms with Crippen LogP contribution in [-0.4, -0.2) is 4.98 Å². The summed E-state index contributed by atoms with van der Waals surface area (Å²) in [6.45, 7) is 4.36. The lowest BCUT2D eigenvalue weighted by Gasteiger charge is -2.19. The summed E-state index contributed by atoms with van der Waals surface area (Å²) in [5, 5.41) is 4.77. The Morgan fingerprint density at radius 3 is 2.48 bits per heavy atom. The number of thiazole rings is 1.